The van der Waals surface area contributed by atoms with Gasteiger partial charge in [0, 0.05) is 47.9 Å². The van der Waals surface area contributed by atoms with Crippen molar-refractivity contribution in [2.45, 2.75) is 6.04 Å². The molecule has 1 aromatic rings. The summed E-state index contributed by atoms with van der Waals surface area (Å²) in [5.41, 5.74) is 6.97. The number of likely N-dealkylation sites (N-methyl/N-ethyl adjacent to an activating group) is 2. The van der Waals surface area contributed by atoms with Crippen LogP contribution >= 0.6 is 15.9 Å². The summed E-state index contributed by atoms with van der Waals surface area (Å²) in [5, 5.41) is 2.99. The van der Waals surface area contributed by atoms with Crippen molar-refractivity contribution in [1.82, 2.24) is 15.1 Å². The van der Waals surface area contributed by atoms with Gasteiger partial charge in [0.25, 0.3) is 5.91 Å². The molecule has 1 atom stereocenters. The molecule has 1 aliphatic heterocycles. The molecule has 2 rings (SSSR count). The maximum absolute atomic E-state index is 12.1. The van der Waals surface area contributed by atoms with Crippen LogP contribution in [0.15, 0.2) is 22.7 Å². The Labute approximate surface area is 128 Å². The molecule has 6 heteroatoms. The van der Waals surface area contributed by atoms with Gasteiger partial charge in [0.15, 0.2) is 0 Å². The minimum absolute atomic E-state index is 0.0779. The quantitative estimate of drug-likeness (QED) is 0.806. The Hall–Kier alpha value is -1.11. The molecule has 0 radical (unpaired) electrons. The predicted octanol–water partition coefficient (Wildman–Crippen LogP) is 1.01. The summed E-state index contributed by atoms with van der Waals surface area (Å²) in [6, 6.07) is 5.61. The largest absolute Gasteiger partial charge is 0.398 e. The lowest BCUT2D eigenvalue weighted by Crippen LogP contribution is -2.54. The number of carbonyl (C=O) groups is 1. The van der Waals surface area contributed by atoms with Crippen LogP contribution in [0.4, 0.5) is 5.69 Å². The number of benzene rings is 1. The average molecular weight is 341 g/mol. The molecule has 1 fully saturated rings. The van der Waals surface area contributed by atoms with E-state index in [4.69, 9.17) is 5.73 Å². The number of nitrogens with two attached hydrogens (primary N) is 1. The number of halogens is 1. The van der Waals surface area contributed by atoms with Crippen molar-refractivity contribution in [3.63, 3.8) is 0 Å². The molecule has 1 saturated heterocycles. The molecular weight excluding hydrogens is 320 g/mol. The minimum Gasteiger partial charge on any atom is -0.398 e. The number of piperazine rings is 1. The fraction of sp³-hybridized carbons (Fsp3) is 0.500. The molecule has 1 amide bonds. The minimum atomic E-state index is -0.0779. The molecule has 0 saturated carbocycles. The maximum Gasteiger partial charge on any atom is 0.251 e. The van der Waals surface area contributed by atoms with Crippen LogP contribution in [0.25, 0.3) is 0 Å². The Bertz CT molecular complexity index is 494. The van der Waals surface area contributed by atoms with Gasteiger partial charge in [-0.05, 0) is 48.2 Å². The molecule has 1 aromatic carbocycles. The fourth-order valence-electron chi connectivity index (χ4n) is 2.32. The van der Waals surface area contributed by atoms with Crippen molar-refractivity contribution in [3.8, 4) is 0 Å². The molecule has 1 aliphatic rings. The SMILES string of the molecule is CN1CCN(C)C(CNC(=O)c2ccc(Br)c(N)c2)C1. The third kappa shape index (κ3) is 3.71. The van der Waals surface area contributed by atoms with Crippen LogP contribution in [-0.2, 0) is 0 Å². The van der Waals surface area contributed by atoms with Crippen LogP contribution in [0.3, 0.4) is 0 Å². The van der Waals surface area contributed by atoms with Crippen LogP contribution in [-0.4, -0.2) is 62.0 Å². The van der Waals surface area contributed by atoms with Crippen molar-refractivity contribution in [1.29, 1.82) is 0 Å². The van der Waals surface area contributed by atoms with Crippen LogP contribution in [0, 0.1) is 0 Å². The van der Waals surface area contributed by atoms with Gasteiger partial charge in [-0.3, -0.25) is 9.69 Å². The second-order valence-electron chi connectivity index (χ2n) is 5.34. The van der Waals surface area contributed by atoms with Crippen molar-refractivity contribution in [3.05, 3.63) is 28.2 Å². The molecular formula is C14H21BrN4O. The molecule has 5 nitrogen and oxygen atoms in total. The third-order valence-electron chi connectivity index (χ3n) is 3.74. The number of hydrogen-bond acceptors (Lipinski definition) is 4. The van der Waals surface area contributed by atoms with Gasteiger partial charge in [-0.1, -0.05) is 0 Å². The van der Waals surface area contributed by atoms with Gasteiger partial charge in [-0.25, -0.2) is 0 Å². The third-order valence-corrected chi connectivity index (χ3v) is 4.46. The van der Waals surface area contributed by atoms with E-state index >= 15 is 0 Å². The number of carbonyl (C=O) groups excluding carboxylic acids is 1. The predicted molar refractivity (Wildman–Crippen MR) is 84.8 cm³/mol. The number of nitrogens with zero attached hydrogens (tertiary/aromatic N) is 2. The summed E-state index contributed by atoms with van der Waals surface area (Å²) in [6.07, 6.45) is 0. The Morgan fingerprint density at radius 1 is 1.45 bits per heavy atom. The molecule has 0 bridgehead atoms. The van der Waals surface area contributed by atoms with Crippen LogP contribution < -0.4 is 11.1 Å². The number of rotatable bonds is 3. The van der Waals surface area contributed by atoms with Gasteiger partial charge in [-0.2, -0.15) is 0 Å². The zero-order chi connectivity index (χ0) is 14.7. The summed E-state index contributed by atoms with van der Waals surface area (Å²) >= 11 is 3.33. The first kappa shape index (κ1) is 15.3. The number of hydrogen-bond donors (Lipinski definition) is 2. The van der Waals surface area contributed by atoms with Crippen molar-refractivity contribution < 1.29 is 4.79 Å². The van der Waals surface area contributed by atoms with Crippen molar-refractivity contribution >= 4 is 27.5 Å². The molecule has 3 N–H and O–H groups in total. The van der Waals surface area contributed by atoms with Gasteiger partial charge < -0.3 is 16.0 Å². The van der Waals surface area contributed by atoms with E-state index in [-0.39, 0.29) is 5.91 Å². The Morgan fingerprint density at radius 2 is 2.20 bits per heavy atom. The summed E-state index contributed by atoms with van der Waals surface area (Å²) in [6.45, 7) is 3.72. The Morgan fingerprint density at radius 3 is 2.90 bits per heavy atom. The fourth-order valence-corrected chi connectivity index (χ4v) is 2.57. The van der Waals surface area contributed by atoms with Gasteiger partial charge in [0.05, 0.1) is 0 Å². The second kappa shape index (κ2) is 6.56. The van der Waals surface area contributed by atoms with E-state index in [2.05, 4.69) is 45.1 Å². The van der Waals surface area contributed by atoms with E-state index in [0.717, 1.165) is 24.1 Å². The van der Waals surface area contributed by atoms with Crippen molar-refractivity contribution in [2.75, 3.05) is 46.0 Å². The number of anilines is 1. The lowest BCUT2D eigenvalue weighted by molar-refractivity contribution is 0.0881. The highest BCUT2D eigenvalue weighted by atomic mass is 79.9. The van der Waals surface area contributed by atoms with Crippen LogP contribution in [0.1, 0.15) is 10.4 Å². The average Bonchev–Trinajstić information content (AvgIpc) is 2.42. The van der Waals surface area contributed by atoms with Gasteiger partial charge >= 0.3 is 0 Å². The molecule has 20 heavy (non-hydrogen) atoms. The topological polar surface area (TPSA) is 61.6 Å². The lowest BCUT2D eigenvalue weighted by Gasteiger charge is -2.37. The smallest absolute Gasteiger partial charge is 0.251 e. The molecule has 0 aromatic heterocycles. The molecule has 1 heterocycles. The van der Waals surface area contributed by atoms with E-state index < -0.39 is 0 Å². The van der Waals surface area contributed by atoms with E-state index in [1.165, 1.54) is 0 Å². The van der Waals surface area contributed by atoms with E-state index in [1.54, 1.807) is 18.2 Å². The van der Waals surface area contributed by atoms with Gasteiger partial charge in [0.1, 0.15) is 0 Å². The summed E-state index contributed by atoms with van der Waals surface area (Å²) in [7, 11) is 4.21. The van der Waals surface area contributed by atoms with Crippen molar-refractivity contribution in [2.24, 2.45) is 0 Å². The number of amides is 1. The normalized spacial score (nSPS) is 20.9. The van der Waals surface area contributed by atoms with E-state index in [0.29, 0.717) is 23.8 Å². The second-order valence-corrected chi connectivity index (χ2v) is 6.20. The highest BCUT2D eigenvalue weighted by molar-refractivity contribution is 9.10. The Balaban J connectivity index is 1.92. The first-order valence-corrected chi connectivity index (χ1v) is 7.48. The standard InChI is InChI=1S/C14H21BrN4O/c1-18-5-6-19(2)11(9-18)8-17-14(20)10-3-4-12(15)13(16)7-10/h3-4,7,11H,5-6,8-9,16H2,1-2H3,(H,17,20). The maximum atomic E-state index is 12.1. The zero-order valence-corrected chi connectivity index (χ0v) is 13.5. The van der Waals surface area contributed by atoms with Crippen LogP contribution in [0.2, 0.25) is 0 Å². The molecule has 0 aliphatic carbocycles. The zero-order valence-electron chi connectivity index (χ0n) is 11.9. The summed E-state index contributed by atoms with van der Waals surface area (Å²) in [5.74, 6) is -0.0779. The Kier molecular flexibility index (Phi) is 5.01. The first-order chi connectivity index (χ1) is 9.47. The highest BCUT2D eigenvalue weighted by Gasteiger charge is 2.22. The van der Waals surface area contributed by atoms with E-state index in [1.807, 2.05) is 0 Å². The molecule has 1 unspecified atom stereocenters. The van der Waals surface area contributed by atoms with Crippen LogP contribution in [0.5, 0.6) is 0 Å². The lowest BCUT2D eigenvalue weighted by atomic mass is 10.1. The summed E-state index contributed by atoms with van der Waals surface area (Å²) in [4.78, 5) is 16.7. The van der Waals surface area contributed by atoms with Gasteiger partial charge in [0.2, 0.25) is 0 Å². The monoisotopic (exact) mass is 340 g/mol. The highest BCUT2D eigenvalue weighted by Crippen LogP contribution is 2.20. The molecule has 0 spiro atoms. The first-order valence-electron chi connectivity index (χ1n) is 6.69. The number of nitrogens with one attached hydrogen (secondary N) is 1. The van der Waals surface area contributed by atoms with E-state index in [9.17, 15) is 4.79 Å². The molecule has 110 valence electrons. The number of nitrogen functional groups attached to an aromatic ring is 1. The van der Waals surface area contributed by atoms with Gasteiger partial charge in [-0.15, -0.1) is 0 Å². The summed E-state index contributed by atoms with van der Waals surface area (Å²) < 4.78 is 0.808.